The first-order valence-corrected chi connectivity index (χ1v) is 24.5. The summed E-state index contributed by atoms with van der Waals surface area (Å²) < 4.78 is 0. The first kappa shape index (κ1) is 51.7. The molecule has 0 heterocycles. The number of benzene rings is 11. The molecular weight excluding hydrogens is 842 g/mol. The highest BCUT2D eigenvalue weighted by Gasteiger charge is 2.11. The van der Waals surface area contributed by atoms with Crippen LogP contribution in [0.3, 0.4) is 0 Å². The van der Waals surface area contributed by atoms with Gasteiger partial charge in [-0.1, -0.05) is 264 Å². The Kier molecular flexibility index (Phi) is 19.3. The fourth-order valence-electron chi connectivity index (χ4n) is 8.54. The number of anilines is 2. The second-order valence-electron chi connectivity index (χ2n) is 18.5. The van der Waals surface area contributed by atoms with Crippen LogP contribution in [0.1, 0.15) is 44.5 Å². The molecule has 2 heteroatoms. The molecule has 0 aliphatic heterocycles. The second kappa shape index (κ2) is 26.2. The summed E-state index contributed by atoms with van der Waals surface area (Å²) in [4.78, 5) is 2.17. The van der Waals surface area contributed by atoms with Gasteiger partial charge in [-0.05, 0) is 129 Å². The van der Waals surface area contributed by atoms with Crippen molar-refractivity contribution >= 4 is 61.3 Å². The van der Waals surface area contributed by atoms with Gasteiger partial charge >= 0.3 is 0 Å². The lowest BCUT2D eigenvalue weighted by atomic mass is 9.43. The maximum absolute atomic E-state index is 2.27. The molecule has 11 aromatic rings. The van der Waals surface area contributed by atoms with Crippen LogP contribution < -0.4 is 15.8 Å². The Morgan fingerprint density at radius 3 is 0.929 bits per heavy atom. The van der Waals surface area contributed by atoms with Crippen LogP contribution in [0.25, 0.3) is 32.3 Å². The van der Waals surface area contributed by atoms with Crippen molar-refractivity contribution in [1.29, 1.82) is 0 Å². The predicted octanol–water partition coefficient (Wildman–Crippen LogP) is 17.5. The van der Waals surface area contributed by atoms with E-state index in [2.05, 4.69) is 305 Å². The van der Waals surface area contributed by atoms with Crippen LogP contribution in [-0.2, 0) is 0 Å². The average Bonchev–Trinajstić information content (AvgIpc) is 3.38. The summed E-state index contributed by atoms with van der Waals surface area (Å²) in [6.45, 7) is 19.7. The molecule has 0 unspecified atom stereocenters. The molecule has 0 saturated heterocycles. The zero-order valence-corrected chi connectivity index (χ0v) is 43.1. The van der Waals surface area contributed by atoms with Gasteiger partial charge in [0, 0.05) is 18.4 Å². The minimum absolute atomic E-state index is 0.484. The van der Waals surface area contributed by atoms with E-state index in [0.717, 1.165) is 0 Å². The molecule has 1 nitrogen and oxygen atoms in total. The second-order valence-corrected chi connectivity index (χ2v) is 18.5. The van der Waals surface area contributed by atoms with Crippen molar-refractivity contribution in [2.45, 2.75) is 62.2 Å². The summed E-state index contributed by atoms with van der Waals surface area (Å²) >= 11 is 0. The van der Waals surface area contributed by atoms with Crippen LogP contribution in [0.2, 0.25) is 6.82 Å². The monoisotopic (exact) mass is 912 g/mol. The fraction of sp³-hybridized carbons (Fsp3) is 0.147. The first-order valence-electron chi connectivity index (χ1n) is 24.5. The topological polar surface area (TPSA) is 3.24 Å². The Morgan fingerprint density at radius 2 is 0.571 bits per heavy atom. The van der Waals surface area contributed by atoms with Crippen molar-refractivity contribution in [3.8, 4) is 0 Å². The van der Waals surface area contributed by atoms with Gasteiger partial charge in [0.05, 0.1) is 0 Å². The Labute approximate surface area is 420 Å². The van der Waals surface area contributed by atoms with Gasteiger partial charge < -0.3 is 4.90 Å². The molecule has 0 radical (unpaired) electrons. The van der Waals surface area contributed by atoms with E-state index in [1.54, 1.807) is 0 Å². The zero-order valence-electron chi connectivity index (χ0n) is 43.1. The van der Waals surface area contributed by atoms with Gasteiger partial charge in [-0.25, -0.2) is 0 Å². The summed E-state index contributed by atoms with van der Waals surface area (Å²) in [5.74, 6) is 0. The van der Waals surface area contributed by atoms with Crippen LogP contribution in [0, 0.1) is 55.4 Å². The van der Waals surface area contributed by atoms with E-state index < -0.39 is 0 Å². The molecule has 0 fully saturated rings. The van der Waals surface area contributed by atoms with Gasteiger partial charge in [0.1, 0.15) is 0 Å². The molecule has 0 spiro atoms. The van der Waals surface area contributed by atoms with Crippen LogP contribution in [0.15, 0.2) is 243 Å². The van der Waals surface area contributed by atoms with Crippen molar-refractivity contribution in [3.05, 3.63) is 287 Å². The molecule has 0 aliphatic carbocycles. The van der Waals surface area contributed by atoms with E-state index in [9.17, 15) is 0 Å². The summed E-state index contributed by atoms with van der Waals surface area (Å²) in [5.41, 5.74) is 15.9. The minimum Gasteiger partial charge on any atom is -0.345 e. The summed E-state index contributed by atoms with van der Waals surface area (Å²) in [6, 6.07) is 85.3. The van der Waals surface area contributed by atoms with E-state index in [1.165, 1.54) is 99.1 Å². The smallest absolute Gasteiger partial charge is 0.206 e. The Bertz CT molecular complexity index is 2920. The summed E-state index contributed by atoms with van der Waals surface area (Å²) in [6.07, 6.45) is 0. The number of rotatable bonds is 4. The van der Waals surface area contributed by atoms with Gasteiger partial charge in [0.25, 0.3) is 0 Å². The van der Waals surface area contributed by atoms with Crippen molar-refractivity contribution in [2.75, 3.05) is 11.9 Å². The largest absolute Gasteiger partial charge is 0.345 e. The van der Waals surface area contributed by atoms with Crippen LogP contribution in [-0.4, -0.2) is 13.8 Å². The van der Waals surface area contributed by atoms with Gasteiger partial charge in [-0.15, -0.1) is 0 Å². The standard InChI is InChI=1S/C17H12.C13H13B.C13H13N.C9H12.2C8H10/c1-11-9-14-7-5-12-3-2-4-13-6-8-15(10-11)17(14)16(12)13;2*1-14(12-8-4-2-5-9-12)13-10-6-3-7-11-13;1-7-4-8(2)6-9(3)5-7;1-7-3-5-8(2)6-4-7;1-7-5-3-4-6-8(7)2/h2-10H,1H3;2*2-11H,1H3;4-6H,1-3H3;2*3-6H,1-2H3. The predicted molar refractivity (Wildman–Crippen MR) is 312 cm³/mol. The third kappa shape index (κ3) is 15.4. The highest BCUT2D eigenvalue weighted by atomic mass is 15.1. The van der Waals surface area contributed by atoms with Gasteiger partial charge in [-0.2, -0.15) is 0 Å². The number of hydrogen-bond acceptors (Lipinski definition) is 1. The molecule has 0 saturated carbocycles. The highest BCUT2D eigenvalue weighted by molar-refractivity contribution is 6.84. The number of hydrogen-bond donors (Lipinski definition) is 0. The zero-order chi connectivity index (χ0) is 49.8. The lowest BCUT2D eigenvalue weighted by Gasteiger charge is -2.18. The van der Waals surface area contributed by atoms with Gasteiger partial charge in [-0.3, -0.25) is 0 Å². The van der Waals surface area contributed by atoms with Crippen molar-refractivity contribution in [1.82, 2.24) is 0 Å². The SMILES string of the molecule is CB(c1ccccc1)c1ccccc1.CN(c1ccccc1)c1ccccc1.Cc1cc(C)cc(C)c1.Cc1cc2ccc3cccc4ccc(c1)c2c34.Cc1ccc(C)cc1.Cc1ccccc1C. The maximum atomic E-state index is 2.27. The molecular formula is C68H70BN. The fourth-order valence-corrected chi connectivity index (χ4v) is 8.54. The average molecular weight is 912 g/mol. The van der Waals surface area contributed by atoms with Crippen LogP contribution in [0.4, 0.5) is 11.4 Å². The molecule has 11 rings (SSSR count). The van der Waals surface area contributed by atoms with Crippen LogP contribution >= 0.6 is 0 Å². The third-order valence-corrected chi connectivity index (χ3v) is 12.5. The molecule has 350 valence electrons. The van der Waals surface area contributed by atoms with Crippen molar-refractivity contribution < 1.29 is 0 Å². The lowest BCUT2D eigenvalue weighted by Crippen LogP contribution is -2.38. The summed E-state index contributed by atoms with van der Waals surface area (Å²) in [5, 5.41) is 8.19. The Balaban J connectivity index is 0.000000141. The number of para-hydroxylation sites is 2. The third-order valence-electron chi connectivity index (χ3n) is 12.5. The molecule has 0 aromatic heterocycles. The Hall–Kier alpha value is -7.68. The number of aryl methyl sites for hydroxylation is 8. The number of nitrogens with zero attached hydrogens (tertiary/aromatic N) is 1. The molecule has 11 aromatic carbocycles. The van der Waals surface area contributed by atoms with E-state index in [-0.39, 0.29) is 0 Å². The summed E-state index contributed by atoms with van der Waals surface area (Å²) in [7, 11) is 2.07. The van der Waals surface area contributed by atoms with Crippen molar-refractivity contribution in [2.24, 2.45) is 0 Å². The van der Waals surface area contributed by atoms with E-state index in [0.29, 0.717) is 6.71 Å². The van der Waals surface area contributed by atoms with E-state index >= 15 is 0 Å². The van der Waals surface area contributed by atoms with Gasteiger partial charge in [0.2, 0.25) is 6.71 Å². The molecule has 0 amide bonds. The Morgan fingerprint density at radius 1 is 0.271 bits per heavy atom. The minimum atomic E-state index is 0.484. The quantitative estimate of drug-likeness (QED) is 0.126. The normalized spacial score (nSPS) is 10.1. The molecule has 0 N–H and O–H groups in total. The molecule has 70 heavy (non-hydrogen) atoms. The maximum Gasteiger partial charge on any atom is 0.206 e. The molecule has 0 atom stereocenters. The highest BCUT2D eigenvalue weighted by Crippen LogP contribution is 2.35. The van der Waals surface area contributed by atoms with Crippen LogP contribution in [0.5, 0.6) is 0 Å². The first-order chi connectivity index (χ1) is 33.9. The van der Waals surface area contributed by atoms with Gasteiger partial charge in [0.15, 0.2) is 0 Å². The van der Waals surface area contributed by atoms with Crippen molar-refractivity contribution in [3.63, 3.8) is 0 Å². The van der Waals surface area contributed by atoms with E-state index in [4.69, 9.17) is 0 Å². The molecule has 0 aliphatic rings. The van der Waals surface area contributed by atoms with E-state index in [1.807, 2.05) is 12.1 Å². The lowest BCUT2D eigenvalue weighted by molar-refractivity contribution is 1.21. The molecule has 0 bridgehead atoms.